The highest BCUT2D eigenvalue weighted by Crippen LogP contribution is 2.43. The van der Waals surface area contributed by atoms with Gasteiger partial charge in [-0.25, -0.2) is 0 Å². The van der Waals surface area contributed by atoms with Gasteiger partial charge in [-0.3, -0.25) is 0 Å². The van der Waals surface area contributed by atoms with Crippen molar-refractivity contribution in [2.24, 2.45) is 23.7 Å². The zero-order valence-electron chi connectivity index (χ0n) is 43.8. The van der Waals surface area contributed by atoms with Crippen molar-refractivity contribution in [1.29, 1.82) is 0 Å². The van der Waals surface area contributed by atoms with E-state index in [1.54, 1.807) is 0 Å². The van der Waals surface area contributed by atoms with Crippen LogP contribution in [0, 0.1) is 35.5 Å². The summed E-state index contributed by atoms with van der Waals surface area (Å²) in [5, 5.41) is 12.0. The summed E-state index contributed by atoms with van der Waals surface area (Å²) in [6, 6.07) is 31.5. The molecule has 64 heavy (non-hydrogen) atoms. The summed E-state index contributed by atoms with van der Waals surface area (Å²) in [6.07, 6.45) is 4.57. The molecule has 0 unspecified atom stereocenters. The van der Waals surface area contributed by atoms with Gasteiger partial charge in [-0.05, 0) is 102 Å². The molecule has 7 atom stereocenters. The van der Waals surface area contributed by atoms with Crippen molar-refractivity contribution in [3.8, 4) is 11.8 Å². The minimum Gasteiger partial charge on any atom is -0.417 e. The first-order valence-corrected chi connectivity index (χ1v) is 32.8. The number of hydrogen-bond acceptors (Lipinski definition) is 5. The van der Waals surface area contributed by atoms with E-state index in [1.165, 1.54) is 0 Å². The van der Waals surface area contributed by atoms with Crippen LogP contribution in [-0.4, -0.2) is 61.6 Å². The van der Waals surface area contributed by atoms with Crippen LogP contribution in [0.1, 0.15) is 120 Å². The summed E-state index contributed by atoms with van der Waals surface area (Å²) in [4.78, 5) is 0. The SMILES string of the molecule is C[C@@H](CO[Si](C)(C)C(C)(C)C)C[C@H](C)[C@@H](O[Si](C)(C)C(C)(C)C)[C@@H](C)C#C[C@@H](O)C[C@H](O[Si](C)(C)C(C)(C)C)[C@H](C)C=CCOC(c1ccccc1)(c1ccccc1)c1ccccc1. The van der Waals surface area contributed by atoms with Crippen LogP contribution in [0.2, 0.25) is 54.4 Å². The maximum absolute atomic E-state index is 11.8. The van der Waals surface area contributed by atoms with E-state index in [2.05, 4.69) is 226 Å². The van der Waals surface area contributed by atoms with Gasteiger partial charge < -0.3 is 23.1 Å². The van der Waals surface area contributed by atoms with Crippen molar-refractivity contribution >= 4 is 25.0 Å². The molecule has 0 aliphatic carbocycles. The van der Waals surface area contributed by atoms with Gasteiger partial charge in [0.2, 0.25) is 0 Å². The Hall–Kier alpha value is -2.59. The van der Waals surface area contributed by atoms with Crippen LogP contribution in [0.25, 0.3) is 0 Å². The van der Waals surface area contributed by atoms with Crippen LogP contribution < -0.4 is 0 Å². The fraction of sp³-hybridized carbons (Fsp3) is 0.607. The highest BCUT2D eigenvalue weighted by atomic mass is 28.4. The lowest BCUT2D eigenvalue weighted by Crippen LogP contribution is -2.47. The Bertz CT molecular complexity index is 1820. The van der Waals surface area contributed by atoms with Gasteiger partial charge in [-0.2, -0.15) is 0 Å². The Balaban J connectivity index is 1.90. The molecule has 0 aromatic heterocycles. The molecule has 0 aliphatic rings. The van der Waals surface area contributed by atoms with Gasteiger partial charge >= 0.3 is 0 Å². The van der Waals surface area contributed by atoms with Crippen LogP contribution >= 0.6 is 0 Å². The molecule has 0 fully saturated rings. The Labute approximate surface area is 395 Å². The zero-order valence-corrected chi connectivity index (χ0v) is 46.8. The molecule has 8 heteroatoms. The predicted octanol–water partition coefficient (Wildman–Crippen LogP) is 15.0. The first kappa shape index (κ1) is 55.7. The molecule has 3 aromatic rings. The molecular weight excluding hydrogens is 837 g/mol. The number of benzene rings is 3. The van der Waals surface area contributed by atoms with Crippen molar-refractivity contribution in [3.05, 3.63) is 120 Å². The fourth-order valence-electron chi connectivity index (χ4n) is 7.48. The van der Waals surface area contributed by atoms with Crippen molar-refractivity contribution in [3.63, 3.8) is 0 Å². The molecule has 0 saturated carbocycles. The lowest BCUT2D eigenvalue weighted by Gasteiger charge is -2.42. The average molecular weight is 928 g/mol. The van der Waals surface area contributed by atoms with Crippen LogP contribution in [0.4, 0.5) is 0 Å². The topological polar surface area (TPSA) is 57.2 Å². The van der Waals surface area contributed by atoms with Crippen molar-refractivity contribution in [1.82, 2.24) is 0 Å². The van der Waals surface area contributed by atoms with Crippen LogP contribution in [0.5, 0.6) is 0 Å². The molecule has 0 radical (unpaired) electrons. The summed E-state index contributed by atoms with van der Waals surface area (Å²) < 4.78 is 28.1. The maximum atomic E-state index is 11.8. The minimum atomic E-state index is -2.22. The molecule has 356 valence electrons. The van der Waals surface area contributed by atoms with E-state index in [4.69, 9.17) is 18.0 Å². The van der Waals surface area contributed by atoms with Gasteiger partial charge in [0.15, 0.2) is 25.0 Å². The molecule has 0 saturated heterocycles. The molecule has 1 N–H and O–H groups in total. The van der Waals surface area contributed by atoms with Crippen LogP contribution in [-0.2, 0) is 23.6 Å². The molecule has 5 nitrogen and oxygen atoms in total. The maximum Gasteiger partial charge on any atom is 0.192 e. The van der Waals surface area contributed by atoms with E-state index < -0.39 is 36.7 Å². The highest BCUT2D eigenvalue weighted by molar-refractivity contribution is 6.75. The highest BCUT2D eigenvalue weighted by Gasteiger charge is 2.43. The van der Waals surface area contributed by atoms with Crippen molar-refractivity contribution in [2.75, 3.05) is 13.2 Å². The van der Waals surface area contributed by atoms with E-state index in [1.807, 2.05) is 18.2 Å². The normalized spacial score (nSPS) is 16.9. The number of aliphatic hydroxyl groups is 1. The van der Waals surface area contributed by atoms with Gasteiger partial charge in [0.1, 0.15) is 11.7 Å². The van der Waals surface area contributed by atoms with Gasteiger partial charge in [-0.15, -0.1) is 0 Å². The third kappa shape index (κ3) is 15.2. The number of ether oxygens (including phenoxy) is 1. The molecule has 3 aromatic carbocycles. The quantitative estimate of drug-likeness (QED) is 0.0499. The predicted molar refractivity (Wildman–Crippen MR) is 281 cm³/mol. The molecule has 0 amide bonds. The molecule has 0 heterocycles. The second-order valence-electron chi connectivity index (χ2n) is 23.4. The van der Waals surface area contributed by atoms with E-state index in [9.17, 15) is 5.11 Å². The lowest BCUT2D eigenvalue weighted by molar-refractivity contribution is 0.0314. The van der Waals surface area contributed by atoms with E-state index in [0.29, 0.717) is 18.9 Å². The van der Waals surface area contributed by atoms with E-state index in [-0.39, 0.29) is 45.1 Å². The Morgan fingerprint density at radius 3 is 1.42 bits per heavy atom. The minimum absolute atomic E-state index is 0.000894. The average Bonchev–Trinajstić information content (AvgIpc) is 3.20. The zero-order chi connectivity index (χ0) is 48.4. The number of hydrogen-bond donors (Lipinski definition) is 1. The number of rotatable bonds is 21. The summed E-state index contributed by atoms with van der Waals surface area (Å²) in [6.45, 7) is 44.6. The van der Waals surface area contributed by atoms with Gasteiger partial charge in [0, 0.05) is 18.9 Å². The van der Waals surface area contributed by atoms with Gasteiger partial charge in [-0.1, -0.05) is 198 Å². The third-order valence-corrected chi connectivity index (χ3v) is 28.2. The van der Waals surface area contributed by atoms with E-state index in [0.717, 1.165) is 29.7 Å². The van der Waals surface area contributed by atoms with Gasteiger partial charge in [0.05, 0.1) is 18.8 Å². The first-order valence-electron chi connectivity index (χ1n) is 24.1. The first-order chi connectivity index (χ1) is 29.4. The third-order valence-electron chi connectivity index (χ3n) is 14.7. The Morgan fingerprint density at radius 2 is 1.00 bits per heavy atom. The van der Waals surface area contributed by atoms with Crippen LogP contribution in [0.15, 0.2) is 103 Å². The fourth-order valence-corrected chi connectivity index (χ4v) is 11.5. The standard InChI is InChI=1S/C56H90O5Si3/c1-43(42-59-62(14,15)53(5,6)7)40-46(4)52(61-64(18,19)55(11,12)13)45(3)37-38-50(57)41-51(60-63(16,17)54(8,9)10)44(2)30-29-39-58-56(47-31-23-20-24-32-47,48-33-25-21-26-34-48)49-35-27-22-28-36-49/h20-36,43-46,50-52,57H,39-42H2,1-19H3/t43-,44-,45+,46+,50-,51+,52+/m1/s1. The molecular formula is C56H90O5Si3. The molecule has 3 rings (SSSR count). The molecule has 0 spiro atoms. The smallest absolute Gasteiger partial charge is 0.192 e. The van der Waals surface area contributed by atoms with Crippen molar-refractivity contribution in [2.45, 2.75) is 181 Å². The second-order valence-corrected chi connectivity index (χ2v) is 37.7. The Kier molecular flexibility index (Phi) is 20.0. The van der Waals surface area contributed by atoms with Crippen molar-refractivity contribution < 1.29 is 23.1 Å². The summed E-state index contributed by atoms with van der Waals surface area (Å²) in [5.74, 6) is 7.43. The number of aliphatic hydroxyl groups excluding tert-OH is 1. The second kappa shape index (κ2) is 22.9. The summed E-state index contributed by atoms with van der Waals surface area (Å²) in [7, 11) is -6.21. The Morgan fingerprint density at radius 1 is 0.578 bits per heavy atom. The molecule has 0 aliphatic heterocycles. The lowest BCUT2D eigenvalue weighted by atomic mass is 9.80. The summed E-state index contributed by atoms with van der Waals surface area (Å²) in [5.41, 5.74) is 2.40. The monoisotopic (exact) mass is 927 g/mol. The molecule has 0 bridgehead atoms. The van der Waals surface area contributed by atoms with Crippen LogP contribution in [0.3, 0.4) is 0 Å². The largest absolute Gasteiger partial charge is 0.417 e. The van der Waals surface area contributed by atoms with E-state index >= 15 is 0 Å². The summed E-state index contributed by atoms with van der Waals surface area (Å²) >= 11 is 0. The van der Waals surface area contributed by atoms with Gasteiger partial charge in [0.25, 0.3) is 0 Å².